The van der Waals surface area contributed by atoms with Crippen LogP contribution in [0.25, 0.3) is 0 Å². The maximum Gasteiger partial charge on any atom is 0.407 e. The SMILES string of the molecule is COCC(CCCNC(=O)OC(C)(C)C)NCc1cn[nH]c1. The molecular weight excluding hydrogens is 284 g/mol. The van der Waals surface area contributed by atoms with Crippen molar-refractivity contribution in [3.63, 3.8) is 0 Å². The Labute approximate surface area is 132 Å². The number of ether oxygens (including phenoxy) is 2. The number of aromatic amines is 1. The van der Waals surface area contributed by atoms with Crippen LogP contribution in [0.4, 0.5) is 4.79 Å². The predicted molar refractivity (Wildman–Crippen MR) is 84.6 cm³/mol. The molecule has 0 fully saturated rings. The van der Waals surface area contributed by atoms with Crippen molar-refractivity contribution in [1.29, 1.82) is 0 Å². The van der Waals surface area contributed by atoms with Gasteiger partial charge >= 0.3 is 6.09 Å². The fourth-order valence-corrected chi connectivity index (χ4v) is 1.94. The van der Waals surface area contributed by atoms with Crippen LogP contribution in [0.3, 0.4) is 0 Å². The molecule has 7 heteroatoms. The van der Waals surface area contributed by atoms with Crippen molar-refractivity contribution in [3.05, 3.63) is 18.0 Å². The third-order valence-corrected chi connectivity index (χ3v) is 2.92. The minimum Gasteiger partial charge on any atom is -0.444 e. The summed E-state index contributed by atoms with van der Waals surface area (Å²) in [5, 5.41) is 12.9. The summed E-state index contributed by atoms with van der Waals surface area (Å²) in [6, 6.07) is 0.236. The molecule has 0 aliphatic rings. The highest BCUT2D eigenvalue weighted by Gasteiger charge is 2.15. The zero-order valence-corrected chi connectivity index (χ0v) is 13.9. The first kappa shape index (κ1) is 18.4. The maximum absolute atomic E-state index is 11.5. The molecule has 22 heavy (non-hydrogen) atoms. The summed E-state index contributed by atoms with van der Waals surface area (Å²) < 4.78 is 10.4. The Hall–Kier alpha value is -1.60. The van der Waals surface area contributed by atoms with E-state index in [1.807, 2.05) is 27.0 Å². The van der Waals surface area contributed by atoms with Gasteiger partial charge in [-0.1, -0.05) is 0 Å². The Kier molecular flexibility index (Phi) is 7.90. The van der Waals surface area contributed by atoms with E-state index in [4.69, 9.17) is 9.47 Å². The normalized spacial score (nSPS) is 12.9. The maximum atomic E-state index is 11.5. The van der Waals surface area contributed by atoms with Gasteiger partial charge in [-0.3, -0.25) is 5.10 Å². The van der Waals surface area contributed by atoms with E-state index in [0.29, 0.717) is 13.2 Å². The van der Waals surface area contributed by atoms with E-state index in [1.165, 1.54) is 0 Å². The van der Waals surface area contributed by atoms with Gasteiger partial charge < -0.3 is 20.1 Å². The lowest BCUT2D eigenvalue weighted by atomic mass is 10.1. The average molecular weight is 312 g/mol. The van der Waals surface area contributed by atoms with Crippen LogP contribution in [0.1, 0.15) is 39.2 Å². The molecule has 1 amide bonds. The van der Waals surface area contributed by atoms with Crippen LogP contribution in [0.2, 0.25) is 0 Å². The Morgan fingerprint density at radius 3 is 2.82 bits per heavy atom. The summed E-state index contributed by atoms with van der Waals surface area (Å²) >= 11 is 0. The van der Waals surface area contributed by atoms with Gasteiger partial charge in [-0.15, -0.1) is 0 Å². The lowest BCUT2D eigenvalue weighted by molar-refractivity contribution is 0.0526. The Morgan fingerprint density at radius 1 is 1.45 bits per heavy atom. The first-order chi connectivity index (χ1) is 10.4. The number of H-pyrrole nitrogens is 1. The molecule has 0 aromatic carbocycles. The number of nitrogens with zero attached hydrogens (tertiary/aromatic N) is 1. The Bertz CT molecular complexity index is 415. The molecule has 1 unspecified atom stereocenters. The molecule has 0 aliphatic heterocycles. The molecule has 0 spiro atoms. The van der Waals surface area contributed by atoms with Gasteiger partial charge in [0.25, 0.3) is 0 Å². The number of methoxy groups -OCH3 is 1. The molecule has 0 aliphatic carbocycles. The minimum absolute atomic E-state index is 0.236. The molecule has 1 heterocycles. The quantitative estimate of drug-likeness (QED) is 0.605. The van der Waals surface area contributed by atoms with Gasteiger partial charge in [0.1, 0.15) is 5.60 Å². The molecule has 1 atom stereocenters. The van der Waals surface area contributed by atoms with Crippen LogP contribution in [-0.4, -0.2) is 48.2 Å². The van der Waals surface area contributed by atoms with Gasteiger partial charge in [0, 0.05) is 38.0 Å². The van der Waals surface area contributed by atoms with Gasteiger partial charge in [-0.2, -0.15) is 5.10 Å². The number of carbonyl (C=O) groups excluding carboxylic acids is 1. The van der Waals surface area contributed by atoms with E-state index in [-0.39, 0.29) is 12.1 Å². The smallest absolute Gasteiger partial charge is 0.407 e. The molecule has 1 aromatic rings. The largest absolute Gasteiger partial charge is 0.444 e. The Morgan fingerprint density at radius 2 is 2.23 bits per heavy atom. The number of aromatic nitrogens is 2. The van der Waals surface area contributed by atoms with Crippen molar-refractivity contribution in [2.75, 3.05) is 20.3 Å². The minimum atomic E-state index is -0.463. The molecule has 0 bridgehead atoms. The van der Waals surface area contributed by atoms with Crippen LogP contribution in [0.15, 0.2) is 12.4 Å². The highest BCUT2D eigenvalue weighted by molar-refractivity contribution is 5.67. The van der Waals surface area contributed by atoms with Crippen LogP contribution in [0.5, 0.6) is 0 Å². The second-order valence-corrected chi connectivity index (χ2v) is 6.21. The molecule has 7 nitrogen and oxygen atoms in total. The van der Waals surface area contributed by atoms with E-state index in [9.17, 15) is 4.79 Å². The van der Waals surface area contributed by atoms with E-state index < -0.39 is 5.60 Å². The lowest BCUT2D eigenvalue weighted by Crippen LogP contribution is -2.35. The summed E-state index contributed by atoms with van der Waals surface area (Å²) in [5.74, 6) is 0. The number of amides is 1. The summed E-state index contributed by atoms with van der Waals surface area (Å²) in [4.78, 5) is 11.5. The summed E-state index contributed by atoms with van der Waals surface area (Å²) in [6.45, 7) is 7.50. The van der Waals surface area contributed by atoms with Gasteiger partial charge in [0.05, 0.1) is 12.8 Å². The molecule has 0 radical (unpaired) electrons. The molecule has 0 saturated heterocycles. The van der Waals surface area contributed by atoms with Crippen molar-refractivity contribution >= 4 is 6.09 Å². The van der Waals surface area contributed by atoms with Crippen molar-refractivity contribution < 1.29 is 14.3 Å². The van der Waals surface area contributed by atoms with Crippen molar-refractivity contribution in [1.82, 2.24) is 20.8 Å². The van der Waals surface area contributed by atoms with Gasteiger partial charge in [0.15, 0.2) is 0 Å². The van der Waals surface area contributed by atoms with Crippen LogP contribution in [-0.2, 0) is 16.0 Å². The number of hydrogen-bond donors (Lipinski definition) is 3. The topological polar surface area (TPSA) is 88.3 Å². The first-order valence-corrected chi connectivity index (χ1v) is 7.57. The molecule has 0 saturated carbocycles. The average Bonchev–Trinajstić information content (AvgIpc) is 2.92. The summed E-state index contributed by atoms with van der Waals surface area (Å²) in [6.07, 6.45) is 5.04. The van der Waals surface area contributed by atoms with Crippen molar-refractivity contribution in [3.8, 4) is 0 Å². The van der Waals surface area contributed by atoms with Crippen LogP contribution in [0, 0.1) is 0 Å². The summed E-state index contributed by atoms with van der Waals surface area (Å²) in [5.41, 5.74) is 0.641. The predicted octanol–water partition coefficient (Wildman–Crippen LogP) is 1.82. The second-order valence-electron chi connectivity index (χ2n) is 6.21. The fourth-order valence-electron chi connectivity index (χ4n) is 1.94. The zero-order valence-electron chi connectivity index (χ0n) is 13.9. The molecule has 3 N–H and O–H groups in total. The number of nitrogens with one attached hydrogen (secondary N) is 3. The number of hydrogen-bond acceptors (Lipinski definition) is 5. The van der Waals surface area contributed by atoms with Gasteiger partial charge in [-0.05, 0) is 33.6 Å². The van der Waals surface area contributed by atoms with Crippen molar-refractivity contribution in [2.45, 2.75) is 51.8 Å². The fraction of sp³-hybridized carbons (Fsp3) is 0.733. The third-order valence-electron chi connectivity index (χ3n) is 2.92. The number of carbonyl (C=O) groups is 1. The lowest BCUT2D eigenvalue weighted by Gasteiger charge is -2.20. The van der Waals surface area contributed by atoms with E-state index in [0.717, 1.165) is 24.9 Å². The highest BCUT2D eigenvalue weighted by atomic mass is 16.6. The monoisotopic (exact) mass is 312 g/mol. The standard InChI is InChI=1S/C15H28N4O3/c1-15(2,3)22-14(20)16-7-5-6-13(11-21-4)17-8-12-9-18-19-10-12/h9-10,13,17H,5-8,11H2,1-4H3,(H,16,20)(H,18,19). The van der Waals surface area contributed by atoms with E-state index in [2.05, 4.69) is 20.8 Å². The highest BCUT2D eigenvalue weighted by Crippen LogP contribution is 2.06. The molecule has 1 rings (SSSR count). The summed E-state index contributed by atoms with van der Waals surface area (Å²) in [7, 11) is 1.69. The van der Waals surface area contributed by atoms with Crippen LogP contribution >= 0.6 is 0 Å². The second kappa shape index (κ2) is 9.42. The van der Waals surface area contributed by atoms with Crippen molar-refractivity contribution in [2.24, 2.45) is 0 Å². The molecule has 126 valence electrons. The first-order valence-electron chi connectivity index (χ1n) is 7.57. The third kappa shape index (κ3) is 8.63. The van der Waals surface area contributed by atoms with Crippen LogP contribution < -0.4 is 10.6 Å². The zero-order chi connectivity index (χ0) is 16.4. The molecular formula is C15H28N4O3. The molecule has 1 aromatic heterocycles. The van der Waals surface area contributed by atoms with E-state index >= 15 is 0 Å². The number of alkyl carbamates (subject to hydrolysis) is 1. The Balaban J connectivity index is 2.19. The van der Waals surface area contributed by atoms with Gasteiger partial charge in [-0.25, -0.2) is 4.79 Å². The number of rotatable bonds is 9. The van der Waals surface area contributed by atoms with Gasteiger partial charge in [0.2, 0.25) is 0 Å². The van der Waals surface area contributed by atoms with E-state index in [1.54, 1.807) is 13.3 Å².